The quantitative estimate of drug-likeness (QED) is 0.148. The van der Waals surface area contributed by atoms with Crippen LogP contribution in [0.25, 0.3) is 22.4 Å². The van der Waals surface area contributed by atoms with Crippen molar-refractivity contribution in [1.82, 2.24) is 49.9 Å². The molecule has 7 rings (SSSR count). The van der Waals surface area contributed by atoms with Crippen molar-refractivity contribution in [2.24, 2.45) is 0 Å². The number of H-pyrrole nitrogens is 1. The molecule has 0 spiro atoms. The number of nitrogens with zero attached hydrogens (tertiary/aromatic N) is 9. The molecule has 0 unspecified atom stereocenters. The molecule has 0 bridgehead atoms. The van der Waals surface area contributed by atoms with E-state index in [4.69, 9.17) is 9.47 Å². The molecule has 3 aliphatic rings. The van der Waals surface area contributed by atoms with Gasteiger partial charge in [0.2, 0.25) is 11.8 Å². The zero-order valence-corrected chi connectivity index (χ0v) is 29.5. The predicted molar refractivity (Wildman–Crippen MR) is 187 cm³/mol. The standard InChI is InChI=1S/C26H26F2N8O4.C9H9N3O2/c1-15(24(37)32-21-12-30-22(13-29-21)40-20-5-4-16(27)10-19(20)28)34-8-9-35(26(2,3)14-34)25(38)17-6-7-36(39)23-18(17)11-31-33-23;1-2-14-9(13)6-3-4-10-8-7(6)5-11-12-8/h4-7,10-13,15,39H,8-9,14H2,1-3H3,(H,29,32,37);3-5H,2H2,1H3,(H,10,11,12)/t15-;/m0./s1. The Morgan fingerprint density at radius 2 is 1.85 bits per heavy atom. The molecule has 1 aromatic carbocycles. The summed E-state index contributed by atoms with van der Waals surface area (Å²) in [6.45, 7) is 8.96. The first kappa shape index (κ1) is 37.1. The Labute approximate surface area is 306 Å². The molecule has 19 heteroatoms. The van der Waals surface area contributed by atoms with Crippen LogP contribution in [0, 0.1) is 11.6 Å². The summed E-state index contributed by atoms with van der Waals surface area (Å²) < 4.78 is 37.9. The number of amides is 2. The lowest BCUT2D eigenvalue weighted by molar-refractivity contribution is -0.122. The van der Waals surface area contributed by atoms with Crippen molar-refractivity contribution < 1.29 is 37.8 Å². The molecule has 1 atom stereocenters. The molecular weight excluding hydrogens is 708 g/mol. The molecule has 1 fully saturated rings. The summed E-state index contributed by atoms with van der Waals surface area (Å²) in [6.07, 6.45) is 8.39. The topological polar surface area (TPSA) is 206 Å². The van der Waals surface area contributed by atoms with Crippen LogP contribution < -0.4 is 10.1 Å². The van der Waals surface area contributed by atoms with Gasteiger partial charge in [0.1, 0.15) is 5.82 Å². The Hall–Kier alpha value is -6.63. The number of nitrogens with one attached hydrogen (secondary N) is 2. The number of anilines is 1. The second kappa shape index (κ2) is 15.5. The number of ether oxygens (including phenoxy) is 2. The molecule has 1 saturated heterocycles. The lowest BCUT2D eigenvalue weighted by atomic mass is 9.95. The number of esters is 1. The highest BCUT2D eigenvalue weighted by Gasteiger charge is 2.40. The molecule has 54 heavy (non-hydrogen) atoms. The lowest BCUT2D eigenvalue weighted by Crippen LogP contribution is -2.63. The number of rotatable bonds is 8. The number of halogens is 2. The van der Waals surface area contributed by atoms with Crippen molar-refractivity contribution in [3.05, 3.63) is 90.3 Å². The molecule has 3 aliphatic heterocycles. The first-order chi connectivity index (χ1) is 25.9. The normalized spacial score (nSPS) is 14.6. The predicted octanol–water partition coefficient (Wildman–Crippen LogP) is 4.18. The Bertz CT molecular complexity index is 2260. The number of fused-ring (bicyclic) bond motifs is 2. The van der Waals surface area contributed by atoms with Gasteiger partial charge in [0.25, 0.3) is 5.91 Å². The van der Waals surface area contributed by atoms with Crippen molar-refractivity contribution in [3.8, 4) is 23.0 Å². The maximum Gasteiger partial charge on any atom is 0.338 e. The fourth-order valence-corrected chi connectivity index (χ4v) is 5.89. The monoisotopic (exact) mass is 743 g/mol. The molecule has 4 aromatic rings. The van der Waals surface area contributed by atoms with Gasteiger partial charge in [-0.3, -0.25) is 19.6 Å². The Kier molecular flexibility index (Phi) is 10.7. The molecular formula is C35H35F2N11O6. The van der Waals surface area contributed by atoms with Crippen LogP contribution in [-0.2, 0) is 9.53 Å². The van der Waals surface area contributed by atoms with E-state index in [0.717, 1.165) is 16.9 Å². The van der Waals surface area contributed by atoms with E-state index in [-0.39, 0.29) is 41.1 Å². The molecule has 280 valence electrons. The fourth-order valence-electron chi connectivity index (χ4n) is 5.89. The molecule has 0 saturated carbocycles. The zero-order valence-electron chi connectivity index (χ0n) is 29.5. The number of hydrogen-bond acceptors (Lipinski definition) is 13. The molecule has 0 radical (unpaired) electrons. The van der Waals surface area contributed by atoms with E-state index in [1.807, 2.05) is 18.7 Å². The first-order valence-corrected chi connectivity index (χ1v) is 16.6. The van der Waals surface area contributed by atoms with E-state index in [1.165, 1.54) is 30.9 Å². The number of aromatic amines is 1. The highest BCUT2D eigenvalue weighted by atomic mass is 19.1. The average Bonchev–Trinajstić information content (AvgIpc) is 3.84. The van der Waals surface area contributed by atoms with Crippen LogP contribution in [-0.4, -0.2) is 111 Å². The number of pyridine rings is 2. The summed E-state index contributed by atoms with van der Waals surface area (Å²) in [5.41, 5.74) is 1.29. The zero-order chi connectivity index (χ0) is 38.6. The van der Waals surface area contributed by atoms with E-state index < -0.39 is 23.2 Å². The van der Waals surface area contributed by atoms with Gasteiger partial charge in [0.05, 0.1) is 65.1 Å². The van der Waals surface area contributed by atoms with Gasteiger partial charge in [-0.2, -0.15) is 14.9 Å². The van der Waals surface area contributed by atoms with Crippen LogP contribution in [0.1, 0.15) is 48.4 Å². The molecule has 2 amide bonds. The summed E-state index contributed by atoms with van der Waals surface area (Å²) in [4.78, 5) is 53.8. The number of carbonyl (C=O) groups excluding carboxylic acids is 3. The summed E-state index contributed by atoms with van der Waals surface area (Å²) in [6, 6.07) is 5.49. The summed E-state index contributed by atoms with van der Waals surface area (Å²) in [7, 11) is 0. The van der Waals surface area contributed by atoms with Crippen LogP contribution in [0.2, 0.25) is 0 Å². The number of benzene rings is 1. The van der Waals surface area contributed by atoms with E-state index in [1.54, 1.807) is 37.2 Å². The smallest absolute Gasteiger partial charge is 0.338 e. The van der Waals surface area contributed by atoms with Crippen LogP contribution in [0.4, 0.5) is 14.6 Å². The Morgan fingerprint density at radius 1 is 1.04 bits per heavy atom. The van der Waals surface area contributed by atoms with Crippen LogP contribution in [0.15, 0.2) is 67.5 Å². The molecule has 17 nitrogen and oxygen atoms in total. The third kappa shape index (κ3) is 7.89. The average molecular weight is 744 g/mol. The van der Waals surface area contributed by atoms with Gasteiger partial charge < -0.3 is 24.9 Å². The lowest BCUT2D eigenvalue weighted by Gasteiger charge is -2.48. The minimum Gasteiger partial charge on any atom is -0.462 e. The Morgan fingerprint density at radius 3 is 2.57 bits per heavy atom. The number of aromatic nitrogens is 8. The second-order valence-electron chi connectivity index (χ2n) is 12.7. The van der Waals surface area contributed by atoms with Gasteiger partial charge >= 0.3 is 5.97 Å². The Balaban J connectivity index is 0.000000297. The van der Waals surface area contributed by atoms with E-state index in [2.05, 4.69) is 40.7 Å². The third-order valence-corrected chi connectivity index (χ3v) is 8.64. The molecule has 3 aromatic heterocycles. The van der Waals surface area contributed by atoms with Crippen molar-refractivity contribution in [2.75, 3.05) is 31.6 Å². The minimum atomic E-state index is -0.881. The van der Waals surface area contributed by atoms with E-state index in [0.29, 0.717) is 60.0 Å². The highest BCUT2D eigenvalue weighted by molar-refractivity contribution is 6.02. The largest absolute Gasteiger partial charge is 0.462 e. The van der Waals surface area contributed by atoms with Crippen molar-refractivity contribution in [3.63, 3.8) is 0 Å². The maximum atomic E-state index is 13.8. The SMILES string of the molecule is CCOC(=O)c1ccnc2[nH]ncc12.C[C@@H](C(=O)Nc1cnc(Oc2ccc(F)cc2F)cn1)N1CCN(C(=O)c2ccn(O)c3nncc2-3)C(C)(C)C1. The van der Waals surface area contributed by atoms with Crippen molar-refractivity contribution >= 4 is 34.6 Å². The number of carbonyl (C=O) groups is 3. The van der Waals surface area contributed by atoms with Gasteiger partial charge in [0.15, 0.2) is 28.9 Å². The number of piperazine rings is 1. The minimum absolute atomic E-state index is 0.0306. The van der Waals surface area contributed by atoms with Crippen LogP contribution >= 0.6 is 0 Å². The van der Waals surface area contributed by atoms with Crippen molar-refractivity contribution in [1.29, 1.82) is 0 Å². The van der Waals surface area contributed by atoms with E-state index >= 15 is 0 Å². The van der Waals surface area contributed by atoms with Gasteiger partial charge in [-0.1, -0.05) is 0 Å². The van der Waals surface area contributed by atoms with Crippen LogP contribution in [0.5, 0.6) is 11.6 Å². The second-order valence-corrected chi connectivity index (χ2v) is 12.7. The maximum absolute atomic E-state index is 13.8. The summed E-state index contributed by atoms with van der Waals surface area (Å²) >= 11 is 0. The summed E-state index contributed by atoms with van der Waals surface area (Å²) in [5.74, 6) is -2.38. The molecule has 6 heterocycles. The number of hydrogen-bond donors (Lipinski definition) is 3. The highest BCUT2D eigenvalue weighted by Crippen LogP contribution is 2.30. The van der Waals surface area contributed by atoms with Gasteiger partial charge in [-0.05, 0) is 52.0 Å². The molecule has 3 N–H and O–H groups in total. The fraction of sp³-hybridized carbons (Fsp3) is 0.286. The molecule has 0 aliphatic carbocycles. The van der Waals surface area contributed by atoms with Gasteiger partial charge in [-0.15, -0.1) is 5.10 Å². The van der Waals surface area contributed by atoms with Crippen molar-refractivity contribution in [2.45, 2.75) is 39.3 Å². The van der Waals surface area contributed by atoms with Gasteiger partial charge in [-0.25, -0.2) is 28.5 Å². The van der Waals surface area contributed by atoms with Crippen LogP contribution in [0.3, 0.4) is 0 Å². The van der Waals surface area contributed by atoms with E-state index in [9.17, 15) is 28.4 Å². The van der Waals surface area contributed by atoms with Gasteiger partial charge in [0, 0.05) is 38.1 Å². The first-order valence-electron chi connectivity index (χ1n) is 16.6. The summed E-state index contributed by atoms with van der Waals surface area (Å²) in [5, 5.41) is 27.5. The third-order valence-electron chi connectivity index (χ3n) is 8.64.